The predicted molar refractivity (Wildman–Crippen MR) is 189 cm³/mol. The van der Waals surface area contributed by atoms with E-state index in [1.165, 1.54) is 179 Å². The molecule has 0 amide bonds. The molecule has 0 radical (unpaired) electrons. The Morgan fingerprint density at radius 1 is 0.475 bits per heavy atom. The fourth-order valence-electron chi connectivity index (χ4n) is 4.59. The van der Waals surface area contributed by atoms with Crippen molar-refractivity contribution < 1.29 is 14.4 Å². The summed E-state index contributed by atoms with van der Waals surface area (Å²) in [4.78, 5) is 17.2. The van der Waals surface area contributed by atoms with Crippen molar-refractivity contribution in [1.82, 2.24) is 0 Å². The largest absolute Gasteiger partial charge is 0.356 e. The van der Waals surface area contributed by atoms with Gasteiger partial charge in [0.15, 0.2) is 0 Å². The number of hydrogen-bond acceptors (Lipinski definition) is 1. The maximum absolute atomic E-state index is 10.5. The van der Waals surface area contributed by atoms with Gasteiger partial charge >= 0.3 is 7.60 Å². The minimum absolute atomic E-state index is 0.0648. The van der Waals surface area contributed by atoms with Crippen LogP contribution in [-0.2, 0) is 4.57 Å². The zero-order valence-corrected chi connectivity index (χ0v) is 29.9. The van der Waals surface area contributed by atoms with Gasteiger partial charge in [-0.25, -0.2) is 0 Å². The molecule has 0 heterocycles. The molecule has 0 saturated carbocycles. The van der Waals surface area contributed by atoms with Gasteiger partial charge in [-0.05, 0) is 37.3 Å². The molecule has 6 heteroatoms. The van der Waals surface area contributed by atoms with Gasteiger partial charge in [-0.1, -0.05) is 173 Å². The summed E-state index contributed by atoms with van der Waals surface area (Å²) in [6, 6.07) is 7.70. The molecule has 238 valence electrons. The lowest BCUT2D eigenvalue weighted by atomic mass is 10.1. The highest BCUT2D eigenvalue weighted by atomic mass is 31.2. The topological polar surface area (TPSA) is 57.5 Å². The summed E-state index contributed by atoms with van der Waals surface area (Å²) < 4.78 is 10.5. The molecular formula is C34H69O3P3. The number of benzene rings is 1. The standard InChI is InChI=1S/2C14H31P.C6H7O3P/c2*1-2-3-4-5-6-7-8-9-10-11-12-13-14-15;7-10(8,9)6-4-2-1-3-5-6/h2*2-15H2,1H3;1-5H,(H2,7,8,9). The average molecular weight is 619 g/mol. The van der Waals surface area contributed by atoms with E-state index in [1.807, 2.05) is 0 Å². The summed E-state index contributed by atoms with van der Waals surface area (Å²) in [6.45, 7) is 4.57. The van der Waals surface area contributed by atoms with Crippen LogP contribution < -0.4 is 5.30 Å². The van der Waals surface area contributed by atoms with Crippen LogP contribution >= 0.6 is 26.1 Å². The SMILES string of the molecule is CCCCCCCCCCCCCCP.CCCCCCCCCCCCCCP.O=P(O)(O)c1ccccc1. The lowest BCUT2D eigenvalue weighted by Crippen LogP contribution is -2.01. The van der Waals surface area contributed by atoms with E-state index >= 15 is 0 Å². The number of hydrogen-bond donors (Lipinski definition) is 2. The van der Waals surface area contributed by atoms with Crippen molar-refractivity contribution in [1.29, 1.82) is 0 Å². The van der Waals surface area contributed by atoms with Crippen molar-refractivity contribution in [3.05, 3.63) is 30.3 Å². The van der Waals surface area contributed by atoms with Crippen LogP contribution in [0, 0.1) is 0 Å². The molecule has 1 aromatic carbocycles. The second kappa shape index (κ2) is 35.4. The van der Waals surface area contributed by atoms with E-state index in [1.54, 1.807) is 18.2 Å². The molecule has 2 unspecified atom stereocenters. The molecule has 0 aliphatic rings. The molecule has 0 aromatic heterocycles. The Morgan fingerprint density at radius 2 is 0.725 bits per heavy atom. The molecule has 0 saturated heterocycles. The molecule has 3 nitrogen and oxygen atoms in total. The summed E-state index contributed by atoms with van der Waals surface area (Å²) in [5.74, 6) is 0. The maximum atomic E-state index is 10.5. The van der Waals surface area contributed by atoms with Crippen molar-refractivity contribution in [3.63, 3.8) is 0 Å². The maximum Gasteiger partial charge on any atom is 0.356 e. The van der Waals surface area contributed by atoms with Crippen molar-refractivity contribution >= 4 is 31.4 Å². The lowest BCUT2D eigenvalue weighted by molar-refractivity contribution is 0.387. The minimum atomic E-state index is -4.02. The molecule has 1 aromatic rings. The summed E-state index contributed by atoms with van der Waals surface area (Å²) >= 11 is 0. The molecule has 0 aliphatic carbocycles. The zero-order valence-electron chi connectivity index (χ0n) is 26.7. The van der Waals surface area contributed by atoms with Crippen LogP contribution in [0.5, 0.6) is 0 Å². The van der Waals surface area contributed by atoms with Gasteiger partial charge in [-0.2, -0.15) is 0 Å². The van der Waals surface area contributed by atoms with Crippen molar-refractivity contribution in [2.45, 2.75) is 168 Å². The monoisotopic (exact) mass is 618 g/mol. The van der Waals surface area contributed by atoms with Crippen molar-refractivity contribution in [2.75, 3.05) is 12.3 Å². The van der Waals surface area contributed by atoms with Crippen molar-refractivity contribution in [2.24, 2.45) is 0 Å². The van der Waals surface area contributed by atoms with E-state index in [-0.39, 0.29) is 5.30 Å². The Morgan fingerprint density at radius 3 is 0.925 bits per heavy atom. The van der Waals surface area contributed by atoms with Gasteiger partial charge in [0.1, 0.15) is 0 Å². The van der Waals surface area contributed by atoms with Gasteiger partial charge in [0.2, 0.25) is 0 Å². The van der Waals surface area contributed by atoms with Gasteiger partial charge in [-0.3, -0.25) is 4.57 Å². The summed E-state index contributed by atoms with van der Waals surface area (Å²) in [6.07, 6.45) is 37.5. The number of unbranched alkanes of at least 4 members (excludes halogenated alkanes) is 22. The average Bonchev–Trinajstić information content (AvgIpc) is 2.95. The Kier molecular flexibility index (Phi) is 37.5. The Hall–Kier alpha value is 0.230. The first-order valence-electron chi connectivity index (χ1n) is 16.9. The normalized spacial score (nSPS) is 10.9. The van der Waals surface area contributed by atoms with Gasteiger partial charge in [0, 0.05) is 0 Å². The summed E-state index contributed by atoms with van der Waals surface area (Å²) in [5.41, 5.74) is 0. The lowest BCUT2D eigenvalue weighted by Gasteiger charge is -2.01. The number of rotatable bonds is 25. The summed E-state index contributed by atoms with van der Waals surface area (Å²) in [5, 5.41) is 0.0648. The smallest absolute Gasteiger partial charge is 0.321 e. The van der Waals surface area contributed by atoms with E-state index in [2.05, 4.69) is 32.3 Å². The Balaban J connectivity index is 0. The van der Waals surface area contributed by atoms with Crippen LogP contribution in [0.15, 0.2) is 30.3 Å². The second-order valence-corrected chi connectivity index (χ2v) is 14.0. The highest BCUT2D eigenvalue weighted by molar-refractivity contribution is 7.60. The fraction of sp³-hybridized carbons (Fsp3) is 0.824. The predicted octanol–water partition coefficient (Wildman–Crippen LogP) is 11.6. The zero-order chi connectivity index (χ0) is 30.0. The van der Waals surface area contributed by atoms with Gasteiger partial charge in [-0.15, -0.1) is 18.5 Å². The van der Waals surface area contributed by atoms with Crippen LogP contribution in [0.2, 0.25) is 0 Å². The quantitative estimate of drug-likeness (QED) is 0.0846. The molecule has 1 rings (SSSR count). The van der Waals surface area contributed by atoms with Gasteiger partial charge in [0.25, 0.3) is 0 Å². The molecule has 40 heavy (non-hydrogen) atoms. The first-order chi connectivity index (χ1) is 19.4. The first-order valence-corrected chi connectivity index (χ1v) is 20.2. The second-order valence-electron chi connectivity index (χ2n) is 11.2. The molecule has 2 N–H and O–H groups in total. The van der Waals surface area contributed by atoms with Crippen LogP contribution in [-0.4, -0.2) is 22.1 Å². The van der Waals surface area contributed by atoms with Crippen LogP contribution in [0.1, 0.15) is 168 Å². The van der Waals surface area contributed by atoms with Gasteiger partial charge < -0.3 is 9.79 Å². The highest BCUT2D eigenvalue weighted by Gasteiger charge is 2.14. The third-order valence-corrected chi connectivity index (χ3v) is 9.00. The summed E-state index contributed by atoms with van der Waals surface area (Å²) in [7, 11) is 1.61. The molecule has 2 atom stereocenters. The molecule has 0 bridgehead atoms. The van der Waals surface area contributed by atoms with E-state index in [0.717, 1.165) is 0 Å². The van der Waals surface area contributed by atoms with E-state index < -0.39 is 7.60 Å². The Bertz CT molecular complexity index is 572. The van der Waals surface area contributed by atoms with Crippen LogP contribution in [0.25, 0.3) is 0 Å². The molecule has 0 fully saturated rings. The molecular weight excluding hydrogens is 549 g/mol. The Labute approximate surface area is 255 Å². The third kappa shape index (κ3) is 36.3. The van der Waals surface area contributed by atoms with Crippen LogP contribution in [0.4, 0.5) is 0 Å². The molecule has 0 aliphatic heterocycles. The van der Waals surface area contributed by atoms with Gasteiger partial charge in [0.05, 0.1) is 5.30 Å². The highest BCUT2D eigenvalue weighted by Crippen LogP contribution is 2.32. The van der Waals surface area contributed by atoms with E-state index in [9.17, 15) is 4.57 Å². The third-order valence-electron chi connectivity index (χ3n) is 7.21. The fourth-order valence-corrected chi connectivity index (χ4v) is 5.73. The minimum Gasteiger partial charge on any atom is -0.321 e. The first kappa shape index (κ1) is 42.4. The van der Waals surface area contributed by atoms with Crippen molar-refractivity contribution in [3.8, 4) is 0 Å². The van der Waals surface area contributed by atoms with Crippen LogP contribution in [0.3, 0.4) is 0 Å². The van der Waals surface area contributed by atoms with E-state index in [4.69, 9.17) is 9.79 Å². The van der Waals surface area contributed by atoms with E-state index in [0.29, 0.717) is 0 Å². The molecule has 0 spiro atoms.